The highest BCUT2D eigenvalue weighted by Crippen LogP contribution is 2.39. The quantitative estimate of drug-likeness (QED) is 0.588. The van der Waals surface area contributed by atoms with Crippen molar-refractivity contribution in [2.45, 2.75) is 38.1 Å². The first-order chi connectivity index (χ1) is 6.19. The summed E-state index contributed by atoms with van der Waals surface area (Å²) in [6, 6.07) is -0.328. The number of hydrogen-bond acceptors (Lipinski definition) is 2. The lowest BCUT2D eigenvalue weighted by atomic mass is 9.85. The topological polar surface area (TPSA) is 58.2 Å². The summed E-state index contributed by atoms with van der Waals surface area (Å²) < 4.78 is 0. The second-order valence-electron chi connectivity index (χ2n) is 3.88. The molecule has 4 heteroatoms. The van der Waals surface area contributed by atoms with Crippen molar-refractivity contribution in [2.24, 2.45) is 5.92 Å². The summed E-state index contributed by atoms with van der Waals surface area (Å²) >= 11 is 0. The number of hydrogen-bond donors (Lipinski definition) is 2. The van der Waals surface area contributed by atoms with E-state index in [4.69, 9.17) is 0 Å². The summed E-state index contributed by atoms with van der Waals surface area (Å²) in [5, 5.41) is 5.11. The number of rotatable bonds is 1. The summed E-state index contributed by atoms with van der Waals surface area (Å²) in [5.41, 5.74) is -0.564. The van der Waals surface area contributed by atoms with Gasteiger partial charge in [0.15, 0.2) is 0 Å². The van der Waals surface area contributed by atoms with Gasteiger partial charge in [0.25, 0.3) is 5.91 Å². The van der Waals surface area contributed by atoms with Gasteiger partial charge in [-0.15, -0.1) is 0 Å². The largest absolute Gasteiger partial charge is 0.323 e. The molecule has 1 aliphatic heterocycles. The van der Waals surface area contributed by atoms with E-state index < -0.39 is 5.54 Å². The van der Waals surface area contributed by atoms with E-state index in [0.717, 1.165) is 25.7 Å². The molecule has 0 bridgehead atoms. The molecule has 0 aromatic rings. The Balaban J connectivity index is 2.28. The zero-order valence-electron chi connectivity index (χ0n) is 7.72. The van der Waals surface area contributed by atoms with Crippen LogP contribution in [-0.2, 0) is 4.79 Å². The van der Waals surface area contributed by atoms with Gasteiger partial charge in [-0.2, -0.15) is 0 Å². The molecule has 1 saturated heterocycles. The fourth-order valence-corrected chi connectivity index (χ4v) is 2.60. The van der Waals surface area contributed by atoms with Gasteiger partial charge in [-0.05, 0) is 18.8 Å². The van der Waals surface area contributed by atoms with Crippen molar-refractivity contribution < 1.29 is 9.59 Å². The van der Waals surface area contributed by atoms with Crippen molar-refractivity contribution in [3.8, 4) is 0 Å². The second-order valence-corrected chi connectivity index (χ2v) is 3.88. The average Bonchev–Trinajstić information content (AvgIpc) is 2.59. The fourth-order valence-electron chi connectivity index (χ4n) is 2.60. The Bertz CT molecular complexity index is 264. The van der Waals surface area contributed by atoms with E-state index in [1.807, 2.05) is 0 Å². The Labute approximate surface area is 77.1 Å². The summed E-state index contributed by atoms with van der Waals surface area (Å²) in [7, 11) is 0. The first-order valence-corrected chi connectivity index (χ1v) is 4.82. The molecule has 0 aromatic carbocycles. The second kappa shape index (κ2) is 2.72. The van der Waals surface area contributed by atoms with Crippen molar-refractivity contribution in [3.05, 3.63) is 0 Å². The molecule has 13 heavy (non-hydrogen) atoms. The maximum absolute atomic E-state index is 11.6. The molecule has 72 valence electrons. The van der Waals surface area contributed by atoms with Gasteiger partial charge in [-0.25, -0.2) is 4.79 Å². The lowest BCUT2D eigenvalue weighted by Gasteiger charge is -2.26. The molecule has 1 heterocycles. The highest BCUT2D eigenvalue weighted by Gasteiger charge is 2.53. The van der Waals surface area contributed by atoms with Crippen molar-refractivity contribution in [1.82, 2.24) is 10.6 Å². The SMILES string of the molecule is CC[C@@H]1CCC[C@@]12NC(=O)NC2=O. The third-order valence-electron chi connectivity index (χ3n) is 3.28. The van der Waals surface area contributed by atoms with Crippen LogP contribution < -0.4 is 10.6 Å². The summed E-state index contributed by atoms with van der Waals surface area (Å²) in [4.78, 5) is 22.6. The van der Waals surface area contributed by atoms with Crippen molar-refractivity contribution >= 4 is 11.9 Å². The monoisotopic (exact) mass is 182 g/mol. The van der Waals surface area contributed by atoms with E-state index in [0.29, 0.717) is 5.92 Å². The normalized spacial score (nSPS) is 38.1. The molecule has 1 saturated carbocycles. The minimum atomic E-state index is -0.564. The molecule has 2 N–H and O–H groups in total. The number of carbonyl (C=O) groups excluding carboxylic acids is 2. The fraction of sp³-hybridized carbons (Fsp3) is 0.778. The smallest absolute Gasteiger partial charge is 0.322 e. The van der Waals surface area contributed by atoms with Crippen LogP contribution in [0, 0.1) is 5.92 Å². The Morgan fingerprint density at radius 1 is 1.54 bits per heavy atom. The van der Waals surface area contributed by atoms with Gasteiger partial charge >= 0.3 is 6.03 Å². The highest BCUT2D eigenvalue weighted by atomic mass is 16.2. The lowest BCUT2D eigenvalue weighted by Crippen LogP contribution is -2.49. The van der Waals surface area contributed by atoms with Crippen LogP contribution in [0.4, 0.5) is 4.79 Å². The standard InChI is InChI=1S/C9H14N2O2/c1-2-6-4-3-5-9(6)7(12)10-8(13)11-9/h6H,2-5H2,1H3,(H2,10,11,12,13)/t6-,9-/m1/s1. The summed E-state index contributed by atoms with van der Waals surface area (Å²) in [5.74, 6) is 0.195. The van der Waals surface area contributed by atoms with Gasteiger partial charge in [0.05, 0.1) is 0 Å². The zero-order chi connectivity index (χ0) is 9.47. The van der Waals surface area contributed by atoms with E-state index in [1.54, 1.807) is 0 Å². The third-order valence-corrected chi connectivity index (χ3v) is 3.28. The molecule has 0 radical (unpaired) electrons. The maximum atomic E-state index is 11.6. The Hall–Kier alpha value is -1.06. The molecule has 2 aliphatic rings. The van der Waals surface area contributed by atoms with Gasteiger partial charge in [0.2, 0.25) is 0 Å². The van der Waals surface area contributed by atoms with E-state index in [1.165, 1.54) is 0 Å². The first kappa shape index (κ1) is 8.53. The van der Waals surface area contributed by atoms with Gasteiger partial charge in [0, 0.05) is 0 Å². The number of imide groups is 1. The third kappa shape index (κ3) is 1.04. The maximum Gasteiger partial charge on any atom is 0.322 e. The van der Waals surface area contributed by atoms with Crippen LogP contribution in [0.1, 0.15) is 32.6 Å². The number of urea groups is 1. The minimum Gasteiger partial charge on any atom is -0.323 e. The molecule has 0 unspecified atom stereocenters. The van der Waals surface area contributed by atoms with Gasteiger partial charge in [0.1, 0.15) is 5.54 Å². The van der Waals surface area contributed by atoms with Crippen molar-refractivity contribution in [3.63, 3.8) is 0 Å². The minimum absolute atomic E-state index is 0.123. The van der Waals surface area contributed by atoms with E-state index in [2.05, 4.69) is 17.6 Å². The van der Waals surface area contributed by atoms with Crippen molar-refractivity contribution in [1.29, 1.82) is 0 Å². The van der Waals surface area contributed by atoms with Crippen LogP contribution in [0.3, 0.4) is 0 Å². The van der Waals surface area contributed by atoms with Crippen LogP contribution in [0.2, 0.25) is 0 Å². The zero-order valence-corrected chi connectivity index (χ0v) is 7.72. The molecule has 4 nitrogen and oxygen atoms in total. The molecule has 2 fully saturated rings. The molecule has 2 rings (SSSR count). The summed E-state index contributed by atoms with van der Waals surface area (Å²) in [6.07, 6.45) is 3.83. The first-order valence-electron chi connectivity index (χ1n) is 4.82. The predicted molar refractivity (Wildman–Crippen MR) is 47.0 cm³/mol. The number of nitrogens with one attached hydrogen (secondary N) is 2. The van der Waals surface area contributed by atoms with Gasteiger partial charge in [-0.1, -0.05) is 19.8 Å². The Morgan fingerprint density at radius 3 is 2.85 bits per heavy atom. The lowest BCUT2D eigenvalue weighted by molar-refractivity contribution is -0.125. The molecule has 2 atom stereocenters. The molecule has 1 aliphatic carbocycles. The molecule has 0 aromatic heterocycles. The van der Waals surface area contributed by atoms with Gasteiger partial charge < -0.3 is 5.32 Å². The van der Waals surface area contributed by atoms with Crippen LogP contribution in [0.5, 0.6) is 0 Å². The Morgan fingerprint density at radius 2 is 2.31 bits per heavy atom. The van der Waals surface area contributed by atoms with Gasteiger partial charge in [-0.3, -0.25) is 10.1 Å². The average molecular weight is 182 g/mol. The number of amides is 3. The molecular weight excluding hydrogens is 168 g/mol. The Kier molecular flexibility index (Phi) is 1.78. The predicted octanol–water partition coefficient (Wildman–Crippen LogP) is 0.775. The molecule has 1 spiro atoms. The van der Waals surface area contributed by atoms with Crippen molar-refractivity contribution in [2.75, 3.05) is 0 Å². The van der Waals surface area contributed by atoms with Crippen LogP contribution in [0.25, 0.3) is 0 Å². The summed E-state index contributed by atoms with van der Waals surface area (Å²) in [6.45, 7) is 2.06. The van der Waals surface area contributed by atoms with Crippen LogP contribution in [-0.4, -0.2) is 17.5 Å². The van der Waals surface area contributed by atoms with Crippen LogP contribution in [0.15, 0.2) is 0 Å². The number of carbonyl (C=O) groups is 2. The van der Waals surface area contributed by atoms with E-state index >= 15 is 0 Å². The highest BCUT2D eigenvalue weighted by molar-refractivity contribution is 6.07. The van der Waals surface area contributed by atoms with Crippen LogP contribution >= 0.6 is 0 Å². The van der Waals surface area contributed by atoms with E-state index in [-0.39, 0.29) is 11.9 Å². The van der Waals surface area contributed by atoms with E-state index in [9.17, 15) is 9.59 Å². The molecule has 3 amide bonds. The molecular formula is C9H14N2O2.